The minimum absolute atomic E-state index is 0.124. The molecule has 3 aromatic carbocycles. The van der Waals surface area contributed by atoms with E-state index in [9.17, 15) is 9.18 Å². The molecule has 4 rings (SSSR count). The maximum absolute atomic E-state index is 13.5. The van der Waals surface area contributed by atoms with Gasteiger partial charge in [-0.1, -0.05) is 65.3 Å². The van der Waals surface area contributed by atoms with E-state index in [1.54, 1.807) is 17.8 Å². The smallest absolute Gasteiger partial charge is 0.251 e. The van der Waals surface area contributed by atoms with Crippen molar-refractivity contribution in [3.8, 4) is 5.69 Å². The third-order valence-electron chi connectivity index (χ3n) is 5.06. The summed E-state index contributed by atoms with van der Waals surface area (Å²) in [5.41, 5.74) is 4.46. The molecule has 0 unspecified atom stereocenters. The second-order valence-corrected chi connectivity index (χ2v) is 9.01. The highest BCUT2D eigenvalue weighted by Crippen LogP contribution is 2.28. The zero-order valence-corrected chi connectivity index (χ0v) is 19.8. The molecule has 0 bridgehead atoms. The summed E-state index contributed by atoms with van der Waals surface area (Å²) >= 11 is 7.84. The number of hydrogen-bond acceptors (Lipinski definition) is 4. The first kappa shape index (κ1) is 23.0. The molecule has 5 nitrogen and oxygen atoms in total. The van der Waals surface area contributed by atoms with Crippen LogP contribution < -0.4 is 5.32 Å². The molecule has 1 aromatic heterocycles. The maximum Gasteiger partial charge on any atom is 0.251 e. The predicted octanol–water partition coefficient (Wildman–Crippen LogP) is 5.90. The zero-order valence-electron chi connectivity index (χ0n) is 18.2. The third kappa shape index (κ3) is 5.61. The Morgan fingerprint density at radius 1 is 1.06 bits per heavy atom. The Bertz CT molecular complexity index is 1310. The Kier molecular flexibility index (Phi) is 7.11. The molecule has 4 aromatic rings. The van der Waals surface area contributed by atoms with Gasteiger partial charge in [0.2, 0.25) is 0 Å². The summed E-state index contributed by atoms with van der Waals surface area (Å²) < 4.78 is 15.4. The molecule has 0 radical (unpaired) electrons. The Balaban J connectivity index is 1.62. The molecule has 8 heteroatoms. The van der Waals surface area contributed by atoms with Gasteiger partial charge in [0.15, 0.2) is 11.0 Å². The molecule has 1 heterocycles. The van der Waals surface area contributed by atoms with Gasteiger partial charge in [-0.05, 0) is 55.3 Å². The number of thioether (sulfide) groups is 1. The van der Waals surface area contributed by atoms with E-state index in [0.29, 0.717) is 16.0 Å². The fourth-order valence-electron chi connectivity index (χ4n) is 3.41. The Morgan fingerprint density at radius 2 is 1.88 bits per heavy atom. The van der Waals surface area contributed by atoms with Gasteiger partial charge in [-0.25, -0.2) is 4.39 Å². The van der Waals surface area contributed by atoms with Crippen LogP contribution in [0.2, 0.25) is 5.02 Å². The second-order valence-electron chi connectivity index (χ2n) is 7.64. The van der Waals surface area contributed by atoms with Crippen molar-refractivity contribution in [2.75, 3.05) is 0 Å². The van der Waals surface area contributed by atoms with E-state index < -0.39 is 5.82 Å². The van der Waals surface area contributed by atoms with Crippen molar-refractivity contribution in [3.05, 3.63) is 106 Å². The van der Waals surface area contributed by atoms with Crippen molar-refractivity contribution in [1.29, 1.82) is 0 Å². The zero-order chi connectivity index (χ0) is 23.4. The lowest BCUT2D eigenvalue weighted by molar-refractivity contribution is 0.0949. The number of aromatic nitrogens is 3. The molecule has 0 spiro atoms. The van der Waals surface area contributed by atoms with Crippen molar-refractivity contribution >= 4 is 29.3 Å². The summed E-state index contributed by atoms with van der Waals surface area (Å²) in [6.07, 6.45) is 0. The van der Waals surface area contributed by atoms with Crippen LogP contribution in [0.15, 0.2) is 71.9 Å². The summed E-state index contributed by atoms with van der Waals surface area (Å²) in [5, 5.41) is 12.8. The molecule has 0 fully saturated rings. The van der Waals surface area contributed by atoms with Crippen LogP contribution in [0.5, 0.6) is 0 Å². The topological polar surface area (TPSA) is 59.8 Å². The van der Waals surface area contributed by atoms with E-state index in [1.165, 1.54) is 29.3 Å². The van der Waals surface area contributed by atoms with Gasteiger partial charge < -0.3 is 5.32 Å². The molecule has 0 aliphatic carbocycles. The summed E-state index contributed by atoms with van der Waals surface area (Å²) in [4.78, 5) is 12.5. The average Bonchev–Trinajstić information content (AvgIpc) is 3.20. The number of amides is 1. The van der Waals surface area contributed by atoms with Crippen LogP contribution in [0.25, 0.3) is 5.69 Å². The highest BCUT2D eigenvalue weighted by Gasteiger charge is 2.18. The van der Waals surface area contributed by atoms with Crippen LogP contribution in [0, 0.1) is 19.7 Å². The van der Waals surface area contributed by atoms with Gasteiger partial charge in [-0.2, -0.15) is 0 Å². The summed E-state index contributed by atoms with van der Waals surface area (Å²) in [7, 11) is 0. The molecule has 0 saturated carbocycles. The number of aryl methyl sites for hydroxylation is 2. The number of halogens is 2. The molecule has 168 valence electrons. The van der Waals surface area contributed by atoms with Crippen molar-refractivity contribution < 1.29 is 9.18 Å². The fourth-order valence-corrected chi connectivity index (χ4v) is 4.49. The van der Waals surface area contributed by atoms with Gasteiger partial charge in [-0.3, -0.25) is 9.36 Å². The van der Waals surface area contributed by atoms with Crippen LogP contribution in [-0.4, -0.2) is 20.7 Å². The molecular formula is C25H22ClFN4OS. The Labute approximate surface area is 201 Å². The molecule has 0 atom stereocenters. The first-order valence-electron chi connectivity index (χ1n) is 10.3. The molecule has 1 N–H and O–H groups in total. The van der Waals surface area contributed by atoms with E-state index in [0.717, 1.165) is 17.0 Å². The van der Waals surface area contributed by atoms with Crippen LogP contribution in [0.3, 0.4) is 0 Å². The van der Waals surface area contributed by atoms with Gasteiger partial charge in [-0.15, -0.1) is 10.2 Å². The third-order valence-corrected chi connectivity index (χ3v) is 6.29. The summed E-state index contributed by atoms with van der Waals surface area (Å²) in [6.45, 7) is 4.17. The van der Waals surface area contributed by atoms with Crippen LogP contribution in [0.4, 0.5) is 4.39 Å². The average molecular weight is 481 g/mol. The first-order valence-corrected chi connectivity index (χ1v) is 11.7. The van der Waals surface area contributed by atoms with Crippen LogP contribution >= 0.6 is 23.4 Å². The lowest BCUT2D eigenvalue weighted by Gasteiger charge is -2.14. The molecule has 1 amide bonds. The van der Waals surface area contributed by atoms with E-state index >= 15 is 0 Å². The predicted molar refractivity (Wildman–Crippen MR) is 129 cm³/mol. The van der Waals surface area contributed by atoms with Crippen LogP contribution in [-0.2, 0) is 12.3 Å². The van der Waals surface area contributed by atoms with Gasteiger partial charge in [0.1, 0.15) is 5.82 Å². The number of benzene rings is 3. The molecule has 0 aliphatic heterocycles. The van der Waals surface area contributed by atoms with Gasteiger partial charge in [0.05, 0.1) is 12.2 Å². The number of nitrogens with one attached hydrogen (secondary N) is 1. The van der Waals surface area contributed by atoms with Crippen molar-refractivity contribution in [2.45, 2.75) is 31.3 Å². The van der Waals surface area contributed by atoms with Gasteiger partial charge >= 0.3 is 0 Å². The molecular weight excluding hydrogens is 459 g/mol. The van der Waals surface area contributed by atoms with E-state index in [-0.39, 0.29) is 18.0 Å². The van der Waals surface area contributed by atoms with E-state index in [2.05, 4.69) is 40.6 Å². The number of nitrogens with zero attached hydrogens (tertiary/aromatic N) is 3. The molecule has 33 heavy (non-hydrogen) atoms. The number of carbonyl (C=O) groups is 1. The minimum atomic E-state index is -0.463. The fraction of sp³-hybridized carbons (Fsp3) is 0.160. The monoisotopic (exact) mass is 480 g/mol. The summed E-state index contributed by atoms with van der Waals surface area (Å²) in [5.74, 6) is 0.419. The highest BCUT2D eigenvalue weighted by atomic mass is 35.5. The van der Waals surface area contributed by atoms with Crippen molar-refractivity contribution in [1.82, 2.24) is 20.1 Å². The number of rotatable bonds is 7. The largest absolute Gasteiger partial charge is 0.345 e. The van der Waals surface area contributed by atoms with Gasteiger partial charge in [0.25, 0.3) is 5.91 Å². The molecule has 0 aliphatic rings. The quantitative estimate of drug-likeness (QED) is 0.334. The minimum Gasteiger partial charge on any atom is -0.345 e. The first-order chi connectivity index (χ1) is 15.9. The standard InChI is InChI=1S/C25H22ClFN4OS/c1-16-5-3-6-18(11-16)15-33-25-30-29-23(31(25)22-13-20(26)10-9-17(22)2)14-28-24(32)19-7-4-8-21(27)12-19/h3-13H,14-15H2,1-2H3,(H,28,32). The van der Waals surface area contributed by atoms with E-state index in [1.807, 2.05) is 35.8 Å². The lowest BCUT2D eigenvalue weighted by atomic mass is 10.2. The SMILES string of the molecule is Cc1cccc(CSc2nnc(CNC(=O)c3cccc(F)c3)n2-c2cc(Cl)ccc2C)c1. The normalized spacial score (nSPS) is 10.9. The summed E-state index contributed by atoms with van der Waals surface area (Å²) in [6, 6.07) is 19.5. The second kappa shape index (κ2) is 10.2. The number of hydrogen-bond donors (Lipinski definition) is 1. The lowest BCUT2D eigenvalue weighted by Crippen LogP contribution is -2.24. The van der Waals surface area contributed by atoms with Gasteiger partial charge in [0, 0.05) is 16.3 Å². The number of carbonyl (C=O) groups excluding carboxylic acids is 1. The molecule has 0 saturated heterocycles. The Morgan fingerprint density at radius 3 is 2.67 bits per heavy atom. The van der Waals surface area contributed by atoms with E-state index in [4.69, 9.17) is 11.6 Å². The van der Waals surface area contributed by atoms with Crippen molar-refractivity contribution in [2.24, 2.45) is 0 Å². The van der Waals surface area contributed by atoms with Crippen molar-refractivity contribution in [3.63, 3.8) is 0 Å². The maximum atomic E-state index is 13.5. The Hall–Kier alpha value is -3.16. The highest BCUT2D eigenvalue weighted by molar-refractivity contribution is 7.98. The van der Waals surface area contributed by atoms with Crippen LogP contribution in [0.1, 0.15) is 32.9 Å².